The molecule has 1 aromatic heterocycles. The van der Waals surface area contributed by atoms with Crippen molar-refractivity contribution >= 4 is 41.7 Å². The van der Waals surface area contributed by atoms with E-state index in [1.807, 2.05) is 24.3 Å². The van der Waals surface area contributed by atoms with E-state index in [1.54, 1.807) is 6.92 Å². The lowest BCUT2D eigenvalue weighted by molar-refractivity contribution is 0.101. The summed E-state index contributed by atoms with van der Waals surface area (Å²) < 4.78 is 0. The molecular weight excluding hydrogens is 468 g/mol. The van der Waals surface area contributed by atoms with Crippen LogP contribution in [0.25, 0.3) is 0 Å². The Balaban J connectivity index is -0.000000237. The van der Waals surface area contributed by atoms with Crippen molar-refractivity contribution in [1.29, 1.82) is 0 Å². The van der Waals surface area contributed by atoms with E-state index in [-0.39, 0.29) is 36.2 Å². The van der Waals surface area contributed by atoms with Crippen LogP contribution in [0, 0.1) is 0 Å². The van der Waals surface area contributed by atoms with Gasteiger partial charge in [-0.25, -0.2) is 0 Å². The molecular formula is C23H53ClN10O. The molecule has 0 amide bonds. The predicted octanol–water partition coefficient (Wildman–Crippen LogP) is 4.68. The number of carbonyl (C=O) groups excluding carboxylic acids is 1. The van der Waals surface area contributed by atoms with Crippen LogP contribution in [0.2, 0.25) is 0 Å². The predicted molar refractivity (Wildman–Crippen MR) is 158 cm³/mol. The van der Waals surface area contributed by atoms with Crippen LogP contribution in [0.4, 0.5) is 23.5 Å². The summed E-state index contributed by atoms with van der Waals surface area (Å²) in [6.45, 7) is 5.56. The van der Waals surface area contributed by atoms with Crippen molar-refractivity contribution in [2.24, 2.45) is 11.5 Å². The average Bonchev–Trinajstić information content (AvgIpc) is 2.88. The monoisotopic (exact) mass is 520 g/mol. The zero-order valence-electron chi connectivity index (χ0n) is 21.5. The van der Waals surface area contributed by atoms with E-state index in [9.17, 15) is 4.79 Å². The molecule has 11 N–H and O–H groups in total. The van der Waals surface area contributed by atoms with Gasteiger partial charge in [-0.15, -0.1) is 12.4 Å². The zero-order valence-corrected chi connectivity index (χ0v) is 22.3. The number of hydrogen-bond donors (Lipinski definition) is 5. The first-order valence-electron chi connectivity index (χ1n) is 11.5. The minimum atomic E-state index is 0. The van der Waals surface area contributed by atoms with Gasteiger partial charge in [-0.1, -0.05) is 0 Å². The third kappa shape index (κ3) is 10.3. The lowest BCUT2D eigenvalue weighted by Crippen LogP contribution is -2.34. The normalized spacial score (nSPS) is 14.3. The lowest BCUT2D eigenvalue weighted by atomic mass is 10.1. The van der Waals surface area contributed by atoms with Gasteiger partial charge < -0.3 is 38.9 Å². The highest BCUT2D eigenvalue weighted by Crippen LogP contribution is 2.24. The van der Waals surface area contributed by atoms with Crippen molar-refractivity contribution in [2.75, 3.05) is 55.4 Å². The third-order valence-corrected chi connectivity index (χ3v) is 5.44. The third-order valence-electron chi connectivity index (χ3n) is 5.44. The molecule has 4 rings (SSSR count). The summed E-state index contributed by atoms with van der Waals surface area (Å²) >= 11 is 0. The number of anilines is 4. The highest BCUT2D eigenvalue weighted by atomic mass is 35.5. The van der Waals surface area contributed by atoms with Crippen LogP contribution in [0.3, 0.4) is 0 Å². The number of Topliss-reactive ketones (excluding diaryl/α,β-unsaturated/α-hetero) is 1. The quantitative estimate of drug-likeness (QED) is 0.343. The fourth-order valence-corrected chi connectivity index (χ4v) is 3.80. The highest BCUT2D eigenvalue weighted by Gasteiger charge is 2.20. The molecule has 0 saturated carbocycles. The molecule has 208 valence electrons. The summed E-state index contributed by atoms with van der Waals surface area (Å²) in [6, 6.07) is 7.43. The minimum Gasteiger partial charge on any atom is -0.344 e. The second-order valence-corrected chi connectivity index (χ2v) is 7.61. The number of rotatable bonds is 5. The van der Waals surface area contributed by atoms with E-state index < -0.39 is 0 Å². The van der Waals surface area contributed by atoms with Gasteiger partial charge in [0.05, 0.1) is 0 Å². The first-order chi connectivity index (χ1) is 15.7. The van der Waals surface area contributed by atoms with Crippen LogP contribution in [0.1, 0.15) is 61.5 Å². The largest absolute Gasteiger partial charge is 0.344 e. The molecule has 0 spiro atoms. The maximum absolute atomic E-state index is 11.5. The van der Waals surface area contributed by atoms with Gasteiger partial charge >= 0.3 is 0 Å². The molecule has 1 aromatic carbocycles. The van der Waals surface area contributed by atoms with Crippen LogP contribution < -0.4 is 38.9 Å². The van der Waals surface area contributed by atoms with Gasteiger partial charge in [0, 0.05) is 43.1 Å². The zero-order chi connectivity index (χ0) is 23.3. The van der Waals surface area contributed by atoms with Gasteiger partial charge in [0.2, 0.25) is 17.8 Å². The number of aromatic nitrogens is 3. The number of nitrogens with zero attached hydrogens (tertiary/aromatic N) is 5. The van der Waals surface area contributed by atoms with E-state index in [1.165, 1.54) is 52.6 Å². The second kappa shape index (κ2) is 18.7. The SMILES string of the molecule is CC(=O)c1ccc(Nc2nc(N3CCCCC3)nc(N3CCCCC3)n2)cc1.CN.CN.Cl.N.N.[HH].[HH].[HH].[HH]. The van der Waals surface area contributed by atoms with Gasteiger partial charge in [0.1, 0.15) is 0 Å². The number of carbonyl (C=O) groups is 1. The maximum Gasteiger partial charge on any atom is 0.233 e. The van der Waals surface area contributed by atoms with Crippen LogP contribution >= 0.6 is 12.4 Å². The van der Waals surface area contributed by atoms with Crippen molar-refractivity contribution in [3.8, 4) is 0 Å². The smallest absolute Gasteiger partial charge is 0.233 e. The minimum absolute atomic E-state index is 0. The number of benzene rings is 1. The molecule has 11 nitrogen and oxygen atoms in total. The molecule has 0 radical (unpaired) electrons. The summed E-state index contributed by atoms with van der Waals surface area (Å²) in [7, 11) is 3.00. The van der Waals surface area contributed by atoms with Gasteiger partial charge in [-0.3, -0.25) is 4.79 Å². The van der Waals surface area contributed by atoms with Crippen molar-refractivity contribution in [3.63, 3.8) is 0 Å². The molecule has 2 fully saturated rings. The van der Waals surface area contributed by atoms with Crippen LogP contribution in [0.15, 0.2) is 24.3 Å². The van der Waals surface area contributed by atoms with Crippen LogP contribution in [-0.4, -0.2) is 61.0 Å². The Morgan fingerprint density at radius 3 is 1.54 bits per heavy atom. The Labute approximate surface area is 222 Å². The Morgan fingerprint density at radius 2 is 1.17 bits per heavy atom. The summed E-state index contributed by atoms with van der Waals surface area (Å²) in [4.78, 5) is 30.2. The molecule has 0 unspecified atom stereocenters. The number of hydrogen-bond acceptors (Lipinski definition) is 11. The van der Waals surface area contributed by atoms with Crippen LogP contribution in [0.5, 0.6) is 0 Å². The fraction of sp³-hybridized carbons (Fsp3) is 0.565. The highest BCUT2D eigenvalue weighted by molar-refractivity contribution is 5.94. The number of piperidine rings is 2. The van der Waals surface area contributed by atoms with Crippen molar-refractivity contribution < 1.29 is 10.5 Å². The Bertz CT molecular complexity index is 808. The topological polar surface area (TPSA) is 196 Å². The van der Waals surface area contributed by atoms with Crippen molar-refractivity contribution in [2.45, 2.75) is 45.4 Å². The Morgan fingerprint density at radius 1 is 0.771 bits per heavy atom. The van der Waals surface area contributed by atoms with Gasteiger partial charge in [-0.2, -0.15) is 15.0 Å². The molecule has 2 aromatic rings. The van der Waals surface area contributed by atoms with Crippen molar-refractivity contribution in [1.82, 2.24) is 27.3 Å². The molecule has 0 aliphatic carbocycles. The Kier molecular flexibility index (Phi) is 18.5. The first-order valence-corrected chi connectivity index (χ1v) is 11.5. The van der Waals surface area contributed by atoms with Gasteiger partial charge in [-0.05, 0) is 83.8 Å². The number of nitrogens with one attached hydrogen (secondary N) is 1. The first kappa shape index (κ1) is 34.6. The molecule has 2 aliphatic heterocycles. The Hall–Kier alpha value is -2.57. The summed E-state index contributed by atoms with van der Waals surface area (Å²) in [5.74, 6) is 2.15. The van der Waals surface area contributed by atoms with E-state index in [0.717, 1.165) is 43.8 Å². The summed E-state index contributed by atoms with van der Waals surface area (Å²) in [6.07, 6.45) is 7.27. The molecule has 2 saturated heterocycles. The molecule has 3 heterocycles. The number of ketones is 1. The van der Waals surface area contributed by atoms with E-state index in [2.05, 4.69) is 26.6 Å². The fourth-order valence-electron chi connectivity index (χ4n) is 3.80. The molecule has 35 heavy (non-hydrogen) atoms. The van der Waals surface area contributed by atoms with Crippen molar-refractivity contribution in [3.05, 3.63) is 29.8 Å². The molecule has 0 bridgehead atoms. The summed E-state index contributed by atoms with van der Waals surface area (Å²) in [5, 5.41) is 3.30. The van der Waals surface area contributed by atoms with E-state index >= 15 is 0 Å². The van der Waals surface area contributed by atoms with E-state index in [4.69, 9.17) is 15.0 Å². The standard InChI is InChI=1S/C21H28N6O.2CH5N.ClH.2H3N.4H2/c1-16(28)17-8-10-18(11-9-17)22-19-23-20(26-12-4-2-5-13-26)25-21(24-19)27-14-6-3-7-15-27;2*1-2;;;;;;;/h8-11H,2-7,12-15H2,1H3,(H,22,23,24,25);2*2H2,1H3;1H;2*1H3;4*1H. The second-order valence-electron chi connectivity index (χ2n) is 7.61. The number of nitrogens with two attached hydrogens (primary N) is 2. The molecule has 2 aliphatic rings. The van der Waals surface area contributed by atoms with E-state index in [0.29, 0.717) is 11.5 Å². The summed E-state index contributed by atoms with van der Waals surface area (Å²) in [5.41, 5.74) is 10.6. The average molecular weight is 521 g/mol. The maximum atomic E-state index is 11.5. The van der Waals surface area contributed by atoms with Crippen LogP contribution in [-0.2, 0) is 0 Å². The number of halogens is 1. The molecule has 12 heteroatoms. The van der Waals surface area contributed by atoms with Gasteiger partial charge in [0.15, 0.2) is 5.78 Å². The van der Waals surface area contributed by atoms with Gasteiger partial charge in [0.25, 0.3) is 0 Å². The molecule has 0 atom stereocenters. The lowest BCUT2D eigenvalue weighted by Gasteiger charge is -2.30.